The van der Waals surface area contributed by atoms with E-state index in [1.54, 1.807) is 31.4 Å². The lowest BCUT2D eigenvalue weighted by Crippen LogP contribution is -3.08. The molecule has 0 aliphatic carbocycles. The summed E-state index contributed by atoms with van der Waals surface area (Å²) in [4.78, 5) is 26.4. The van der Waals surface area contributed by atoms with E-state index in [9.17, 15) is 9.59 Å². The number of benzene rings is 3. The summed E-state index contributed by atoms with van der Waals surface area (Å²) in [6.07, 6.45) is 0. The average Bonchev–Trinajstić information content (AvgIpc) is 2.74. The Hall–Kier alpha value is -3.64. The molecule has 1 unspecified atom stereocenters. The van der Waals surface area contributed by atoms with Crippen molar-refractivity contribution in [2.45, 2.75) is 13.5 Å². The number of anilines is 2. The van der Waals surface area contributed by atoms with Crippen LogP contribution in [-0.4, -0.2) is 32.5 Å². The van der Waals surface area contributed by atoms with Crippen LogP contribution >= 0.6 is 0 Å². The van der Waals surface area contributed by atoms with Gasteiger partial charge in [-0.25, -0.2) is 0 Å². The van der Waals surface area contributed by atoms with Crippen molar-refractivity contribution in [3.05, 3.63) is 89.5 Å². The van der Waals surface area contributed by atoms with E-state index in [0.717, 1.165) is 21.8 Å². The Morgan fingerprint density at radius 1 is 0.935 bits per heavy atom. The maximum absolute atomic E-state index is 12.7. The molecule has 0 heterocycles. The van der Waals surface area contributed by atoms with Gasteiger partial charge in [0.1, 0.15) is 12.3 Å². The van der Waals surface area contributed by atoms with E-state index in [1.165, 1.54) is 0 Å². The molecular formula is C25H28N3O3+. The number of methoxy groups -OCH3 is 1. The van der Waals surface area contributed by atoms with Crippen molar-refractivity contribution in [1.82, 2.24) is 0 Å². The van der Waals surface area contributed by atoms with Crippen LogP contribution in [0.3, 0.4) is 0 Å². The first-order valence-electron chi connectivity index (χ1n) is 10.2. The number of para-hydroxylation sites is 2. The van der Waals surface area contributed by atoms with Crippen LogP contribution in [0.25, 0.3) is 0 Å². The normalized spacial score (nSPS) is 11.5. The lowest BCUT2D eigenvalue weighted by Gasteiger charge is -2.17. The van der Waals surface area contributed by atoms with E-state index < -0.39 is 0 Å². The van der Waals surface area contributed by atoms with Crippen LogP contribution in [0.5, 0.6) is 5.75 Å². The molecule has 0 bridgehead atoms. The summed E-state index contributed by atoms with van der Waals surface area (Å²) in [5, 5.41) is 5.74. The number of carbonyl (C=O) groups excluding carboxylic acids is 2. The highest BCUT2D eigenvalue weighted by molar-refractivity contribution is 6.10. The van der Waals surface area contributed by atoms with Crippen molar-refractivity contribution in [3.63, 3.8) is 0 Å². The maximum atomic E-state index is 12.7. The molecule has 3 rings (SSSR count). The molecule has 0 saturated heterocycles. The fourth-order valence-electron chi connectivity index (χ4n) is 3.41. The second-order valence-electron chi connectivity index (χ2n) is 7.54. The Morgan fingerprint density at radius 2 is 1.65 bits per heavy atom. The molecule has 0 radical (unpaired) electrons. The molecule has 0 aliphatic heterocycles. The minimum absolute atomic E-state index is 0.163. The van der Waals surface area contributed by atoms with Gasteiger partial charge in [-0.3, -0.25) is 9.59 Å². The fourth-order valence-corrected chi connectivity index (χ4v) is 3.41. The van der Waals surface area contributed by atoms with Crippen LogP contribution in [0.2, 0.25) is 0 Å². The maximum Gasteiger partial charge on any atom is 0.279 e. The van der Waals surface area contributed by atoms with Gasteiger partial charge in [0, 0.05) is 11.3 Å². The number of nitrogens with one attached hydrogen (secondary N) is 3. The number of rotatable bonds is 8. The second-order valence-corrected chi connectivity index (χ2v) is 7.54. The van der Waals surface area contributed by atoms with Crippen LogP contribution in [0, 0.1) is 6.92 Å². The molecule has 3 aromatic rings. The van der Waals surface area contributed by atoms with E-state index in [2.05, 4.69) is 16.7 Å². The van der Waals surface area contributed by atoms with Crippen LogP contribution in [0.15, 0.2) is 72.8 Å². The Bertz CT molecular complexity index is 1050. The number of quaternary nitrogens is 1. The highest BCUT2D eigenvalue weighted by Gasteiger charge is 2.17. The number of likely N-dealkylation sites (N-methyl/N-ethyl adjacent to an activating group) is 1. The van der Waals surface area contributed by atoms with E-state index in [-0.39, 0.29) is 18.4 Å². The van der Waals surface area contributed by atoms with Gasteiger partial charge in [0.2, 0.25) is 0 Å². The predicted octanol–water partition coefficient (Wildman–Crippen LogP) is 2.91. The summed E-state index contributed by atoms with van der Waals surface area (Å²) < 4.78 is 5.43. The minimum Gasteiger partial charge on any atom is -0.496 e. The third-order valence-electron chi connectivity index (χ3n) is 4.87. The van der Waals surface area contributed by atoms with Gasteiger partial charge in [-0.15, -0.1) is 0 Å². The number of hydrogen-bond acceptors (Lipinski definition) is 3. The quantitative estimate of drug-likeness (QED) is 0.527. The lowest BCUT2D eigenvalue weighted by atomic mass is 10.1. The predicted molar refractivity (Wildman–Crippen MR) is 123 cm³/mol. The molecule has 1 atom stereocenters. The van der Waals surface area contributed by atoms with Crippen molar-refractivity contribution in [2.75, 3.05) is 31.3 Å². The molecule has 0 aromatic heterocycles. The molecule has 3 N–H and O–H groups in total. The molecule has 31 heavy (non-hydrogen) atoms. The second kappa shape index (κ2) is 10.4. The van der Waals surface area contributed by atoms with Crippen LogP contribution < -0.4 is 20.3 Å². The van der Waals surface area contributed by atoms with Crippen LogP contribution in [-0.2, 0) is 11.3 Å². The van der Waals surface area contributed by atoms with Gasteiger partial charge in [-0.05, 0) is 43.3 Å². The highest BCUT2D eigenvalue weighted by Crippen LogP contribution is 2.19. The molecule has 160 valence electrons. The standard InChI is InChI=1S/C25H27N3O3/c1-18-13-14-23(31-3)19(15-18)16-28(2)17-24(29)27-22-12-8-7-11-21(22)25(30)26-20-9-5-4-6-10-20/h4-15H,16-17H2,1-3H3,(H,26,30)(H,27,29)/p+1. The molecular weight excluding hydrogens is 390 g/mol. The molecule has 0 fully saturated rings. The van der Waals surface area contributed by atoms with E-state index in [0.29, 0.717) is 23.5 Å². The van der Waals surface area contributed by atoms with Gasteiger partial charge in [0.05, 0.1) is 25.4 Å². The molecule has 0 spiro atoms. The number of amides is 2. The third-order valence-corrected chi connectivity index (χ3v) is 4.87. The summed E-state index contributed by atoms with van der Waals surface area (Å²) in [6, 6.07) is 22.2. The topological polar surface area (TPSA) is 71.9 Å². The first kappa shape index (κ1) is 22.1. The summed E-state index contributed by atoms with van der Waals surface area (Å²) in [5.74, 6) is 0.379. The number of hydrogen-bond donors (Lipinski definition) is 3. The third kappa shape index (κ3) is 6.17. The Balaban J connectivity index is 1.64. The summed E-state index contributed by atoms with van der Waals surface area (Å²) >= 11 is 0. The van der Waals surface area contributed by atoms with Gasteiger partial charge < -0.3 is 20.3 Å². The Labute approximate surface area is 182 Å². The zero-order valence-corrected chi connectivity index (χ0v) is 18.1. The van der Waals surface area contributed by atoms with Crippen molar-refractivity contribution in [1.29, 1.82) is 0 Å². The van der Waals surface area contributed by atoms with Gasteiger partial charge in [0.15, 0.2) is 6.54 Å². The molecule has 6 nitrogen and oxygen atoms in total. The first-order chi connectivity index (χ1) is 15.0. The minimum atomic E-state index is -0.271. The lowest BCUT2D eigenvalue weighted by molar-refractivity contribution is -0.885. The number of ether oxygens (including phenoxy) is 1. The zero-order chi connectivity index (χ0) is 22.2. The van der Waals surface area contributed by atoms with Crippen LogP contribution in [0.1, 0.15) is 21.5 Å². The van der Waals surface area contributed by atoms with Gasteiger partial charge in [0.25, 0.3) is 11.8 Å². The summed E-state index contributed by atoms with van der Waals surface area (Å²) in [5.41, 5.74) is 3.80. The zero-order valence-electron chi connectivity index (χ0n) is 18.1. The first-order valence-corrected chi connectivity index (χ1v) is 10.2. The van der Waals surface area contributed by atoms with Crippen molar-refractivity contribution in [3.8, 4) is 5.75 Å². The van der Waals surface area contributed by atoms with Crippen molar-refractivity contribution in [2.24, 2.45) is 0 Å². The molecule has 3 aromatic carbocycles. The Morgan fingerprint density at radius 3 is 2.39 bits per heavy atom. The molecule has 6 heteroatoms. The SMILES string of the molecule is COc1ccc(C)cc1C[NH+](C)CC(=O)Nc1ccccc1C(=O)Nc1ccccc1. The van der Waals surface area contributed by atoms with E-state index in [4.69, 9.17) is 4.74 Å². The van der Waals surface area contributed by atoms with Crippen molar-refractivity contribution < 1.29 is 19.2 Å². The monoisotopic (exact) mass is 418 g/mol. The summed E-state index contributed by atoms with van der Waals surface area (Å²) in [6.45, 7) is 2.93. The number of carbonyl (C=O) groups is 2. The largest absolute Gasteiger partial charge is 0.496 e. The van der Waals surface area contributed by atoms with Gasteiger partial charge >= 0.3 is 0 Å². The van der Waals surface area contributed by atoms with E-state index >= 15 is 0 Å². The molecule has 2 amide bonds. The van der Waals surface area contributed by atoms with Crippen molar-refractivity contribution >= 4 is 23.2 Å². The molecule has 0 aliphatic rings. The summed E-state index contributed by atoms with van der Waals surface area (Å²) in [7, 11) is 3.60. The molecule has 0 saturated carbocycles. The van der Waals surface area contributed by atoms with Gasteiger partial charge in [-0.2, -0.15) is 0 Å². The van der Waals surface area contributed by atoms with E-state index in [1.807, 2.05) is 56.4 Å². The fraction of sp³-hybridized carbons (Fsp3) is 0.200. The number of aryl methyl sites for hydroxylation is 1. The average molecular weight is 419 g/mol. The smallest absolute Gasteiger partial charge is 0.279 e. The Kier molecular flexibility index (Phi) is 7.40. The van der Waals surface area contributed by atoms with Crippen LogP contribution in [0.4, 0.5) is 11.4 Å². The highest BCUT2D eigenvalue weighted by atomic mass is 16.5. The van der Waals surface area contributed by atoms with Gasteiger partial charge in [-0.1, -0.05) is 42.0 Å².